The van der Waals surface area contributed by atoms with E-state index in [1.54, 1.807) is 0 Å². The minimum Gasteiger partial charge on any atom is -0.464 e. The molecule has 1 N–H and O–H groups in total. The number of fused-ring (bicyclic) bond motifs is 4. The maximum absolute atomic E-state index is 13.4. The van der Waals surface area contributed by atoms with Gasteiger partial charge in [-0.3, -0.25) is 14.5 Å². The number of piperidine rings is 1. The summed E-state index contributed by atoms with van der Waals surface area (Å²) in [5.41, 5.74) is 0. The van der Waals surface area contributed by atoms with Gasteiger partial charge in [0.25, 0.3) is 0 Å². The van der Waals surface area contributed by atoms with E-state index in [1.165, 1.54) is 96.3 Å². The Morgan fingerprint density at radius 3 is 2.14 bits per heavy atom. The molecule has 0 aromatic heterocycles. The van der Waals surface area contributed by atoms with Gasteiger partial charge in [-0.2, -0.15) is 0 Å². The van der Waals surface area contributed by atoms with Gasteiger partial charge in [-0.1, -0.05) is 104 Å². The van der Waals surface area contributed by atoms with Crippen LogP contribution in [0.5, 0.6) is 0 Å². The SMILES string of the molecule is CCCCCCCCOC(CCC(=O)O[C@@H]1CCC2CC1[C@@H](COC(=O)CC1CCC3CCCC1C3)N(CCCO)C2)OCCCCCCCC. The van der Waals surface area contributed by atoms with Crippen LogP contribution >= 0.6 is 0 Å². The second kappa shape index (κ2) is 25.0. The van der Waals surface area contributed by atoms with Crippen LogP contribution in [0.3, 0.4) is 0 Å². The zero-order valence-corrected chi connectivity index (χ0v) is 32.9. The van der Waals surface area contributed by atoms with Crippen molar-refractivity contribution in [2.75, 3.05) is 39.5 Å². The monoisotopic (exact) mass is 720 g/mol. The van der Waals surface area contributed by atoms with Gasteiger partial charge in [0.15, 0.2) is 6.29 Å². The number of rotatable bonds is 27. The highest BCUT2D eigenvalue weighted by Gasteiger charge is 2.45. The molecule has 4 bridgehead atoms. The van der Waals surface area contributed by atoms with Gasteiger partial charge in [-0.15, -0.1) is 0 Å². The second-order valence-electron chi connectivity index (χ2n) is 16.8. The van der Waals surface area contributed by atoms with Crippen LogP contribution in [0.25, 0.3) is 0 Å². The van der Waals surface area contributed by atoms with Gasteiger partial charge in [0.2, 0.25) is 0 Å². The van der Waals surface area contributed by atoms with Gasteiger partial charge in [0, 0.05) is 51.7 Å². The Kier molecular flexibility index (Phi) is 20.8. The molecule has 1 saturated heterocycles. The molecule has 5 unspecified atom stereocenters. The van der Waals surface area contributed by atoms with E-state index in [0.717, 1.165) is 57.5 Å². The first-order valence-corrected chi connectivity index (χ1v) is 21.9. The molecule has 51 heavy (non-hydrogen) atoms. The fourth-order valence-corrected chi connectivity index (χ4v) is 9.78. The second-order valence-corrected chi connectivity index (χ2v) is 16.8. The van der Waals surface area contributed by atoms with Crippen LogP contribution in [-0.4, -0.2) is 79.9 Å². The van der Waals surface area contributed by atoms with Gasteiger partial charge in [-0.25, -0.2) is 0 Å². The summed E-state index contributed by atoms with van der Waals surface area (Å²) in [6.07, 6.45) is 26.5. The molecule has 1 heterocycles. The number of carbonyl (C=O) groups excluding carboxylic acids is 2. The normalized spacial score (nSPS) is 27.8. The van der Waals surface area contributed by atoms with Gasteiger partial charge < -0.3 is 24.1 Å². The molecule has 3 aliphatic carbocycles. The van der Waals surface area contributed by atoms with Crippen molar-refractivity contribution in [3.8, 4) is 0 Å². The van der Waals surface area contributed by atoms with Crippen molar-refractivity contribution in [2.45, 2.75) is 193 Å². The topological polar surface area (TPSA) is 94.5 Å². The fourth-order valence-electron chi connectivity index (χ4n) is 9.78. The van der Waals surface area contributed by atoms with Crippen molar-refractivity contribution in [3.63, 3.8) is 0 Å². The van der Waals surface area contributed by atoms with Crippen LogP contribution in [0, 0.1) is 29.6 Å². The Labute approximate surface area is 311 Å². The first kappa shape index (κ1) is 42.5. The maximum Gasteiger partial charge on any atom is 0.306 e. The molecule has 1 aliphatic heterocycles. The number of nitrogens with zero attached hydrogens (tertiary/aromatic N) is 1. The summed E-state index contributed by atoms with van der Waals surface area (Å²) in [4.78, 5) is 29.0. The summed E-state index contributed by atoms with van der Waals surface area (Å²) >= 11 is 0. The third-order valence-corrected chi connectivity index (χ3v) is 12.8. The Balaban J connectivity index is 1.26. The lowest BCUT2D eigenvalue weighted by Crippen LogP contribution is -2.57. The van der Waals surface area contributed by atoms with Gasteiger partial charge in [-0.05, 0) is 75.0 Å². The van der Waals surface area contributed by atoms with E-state index in [0.29, 0.717) is 56.8 Å². The van der Waals surface area contributed by atoms with Crippen molar-refractivity contribution >= 4 is 11.9 Å². The average molecular weight is 720 g/mol. The minimum absolute atomic E-state index is 0.00864. The molecule has 4 aliphatic rings. The number of unbranched alkanes of at least 4 members (excludes halogenated alkanes) is 10. The summed E-state index contributed by atoms with van der Waals surface area (Å²) in [5, 5.41) is 9.65. The van der Waals surface area contributed by atoms with Gasteiger partial charge >= 0.3 is 11.9 Å². The Morgan fingerprint density at radius 1 is 0.745 bits per heavy atom. The van der Waals surface area contributed by atoms with E-state index in [4.69, 9.17) is 18.9 Å². The summed E-state index contributed by atoms with van der Waals surface area (Å²) in [6, 6.07) is 0.00864. The highest BCUT2D eigenvalue weighted by atomic mass is 16.7. The number of esters is 2. The third kappa shape index (κ3) is 15.6. The van der Waals surface area contributed by atoms with Crippen LogP contribution in [0.15, 0.2) is 0 Å². The Morgan fingerprint density at radius 2 is 1.43 bits per heavy atom. The summed E-state index contributed by atoms with van der Waals surface area (Å²) in [5.74, 6) is 2.46. The lowest BCUT2D eigenvalue weighted by molar-refractivity contribution is -0.172. The molecule has 4 rings (SSSR count). The molecule has 0 aromatic carbocycles. The number of hydrogen-bond donors (Lipinski definition) is 1. The number of ether oxygens (including phenoxy) is 4. The highest BCUT2D eigenvalue weighted by molar-refractivity contribution is 5.70. The molecule has 0 aromatic rings. The van der Waals surface area contributed by atoms with Crippen molar-refractivity contribution < 1.29 is 33.6 Å². The molecule has 296 valence electrons. The molecular weight excluding hydrogens is 642 g/mol. The van der Waals surface area contributed by atoms with Crippen LogP contribution < -0.4 is 0 Å². The van der Waals surface area contributed by atoms with E-state index in [1.807, 2.05) is 0 Å². The highest BCUT2D eigenvalue weighted by Crippen LogP contribution is 2.45. The lowest BCUT2D eigenvalue weighted by Gasteiger charge is -2.50. The van der Waals surface area contributed by atoms with Crippen LogP contribution in [0.2, 0.25) is 0 Å². The quantitative estimate of drug-likeness (QED) is 0.0510. The third-order valence-electron chi connectivity index (χ3n) is 12.8. The molecule has 3 saturated carbocycles. The van der Waals surface area contributed by atoms with Gasteiger partial charge in [0.05, 0.1) is 12.5 Å². The van der Waals surface area contributed by atoms with E-state index in [2.05, 4.69) is 18.7 Å². The molecule has 0 spiro atoms. The van der Waals surface area contributed by atoms with Crippen molar-refractivity contribution in [1.29, 1.82) is 0 Å². The Bertz CT molecular complexity index is 929. The average Bonchev–Trinajstić information content (AvgIpc) is 3.13. The van der Waals surface area contributed by atoms with E-state index in [9.17, 15) is 14.7 Å². The largest absolute Gasteiger partial charge is 0.464 e. The van der Waals surface area contributed by atoms with Crippen molar-refractivity contribution in [2.24, 2.45) is 29.6 Å². The predicted molar refractivity (Wildman–Crippen MR) is 203 cm³/mol. The number of aliphatic hydroxyl groups excluding tert-OH is 1. The molecule has 4 fully saturated rings. The number of likely N-dealkylation sites (tertiary alicyclic amines) is 1. The summed E-state index contributed by atoms with van der Waals surface area (Å²) in [7, 11) is 0. The number of carbonyl (C=O) groups is 2. The first-order chi connectivity index (χ1) is 25.0. The molecule has 8 heteroatoms. The predicted octanol–water partition coefficient (Wildman–Crippen LogP) is 9.39. The molecule has 7 atom stereocenters. The zero-order chi connectivity index (χ0) is 36.1. The van der Waals surface area contributed by atoms with E-state index in [-0.39, 0.29) is 49.3 Å². The Hall–Kier alpha value is -1.22. The molecule has 8 nitrogen and oxygen atoms in total. The van der Waals surface area contributed by atoms with E-state index < -0.39 is 0 Å². The minimum atomic E-state index is -0.376. The lowest BCUT2D eigenvalue weighted by atomic mass is 9.66. The van der Waals surface area contributed by atoms with Crippen molar-refractivity contribution in [1.82, 2.24) is 4.90 Å². The maximum atomic E-state index is 13.4. The van der Waals surface area contributed by atoms with Crippen LogP contribution in [0.4, 0.5) is 0 Å². The van der Waals surface area contributed by atoms with Gasteiger partial charge in [0.1, 0.15) is 12.7 Å². The molecule has 0 amide bonds. The fraction of sp³-hybridized carbons (Fsp3) is 0.953. The van der Waals surface area contributed by atoms with E-state index >= 15 is 0 Å². The number of aliphatic hydroxyl groups is 1. The molecule has 0 radical (unpaired) electrons. The molecular formula is C43H77NO7. The van der Waals surface area contributed by atoms with Crippen molar-refractivity contribution in [3.05, 3.63) is 0 Å². The van der Waals surface area contributed by atoms with Crippen LogP contribution in [0.1, 0.15) is 174 Å². The summed E-state index contributed by atoms with van der Waals surface area (Å²) < 4.78 is 24.8. The summed E-state index contributed by atoms with van der Waals surface area (Å²) in [6.45, 7) is 8.03. The smallest absolute Gasteiger partial charge is 0.306 e. The first-order valence-electron chi connectivity index (χ1n) is 21.9. The number of hydrogen-bond acceptors (Lipinski definition) is 8. The van der Waals surface area contributed by atoms with Crippen LogP contribution in [-0.2, 0) is 28.5 Å². The standard InChI is InChI=1S/C43H77NO7/c1-3-5-7-9-11-13-27-48-43(49-28-14-12-10-8-6-4-2)24-23-41(46)51-40-22-20-35-30-38(40)39(44(32-35)25-16-26-45)33-50-42(47)31-37-21-19-34-17-15-18-36(37)29-34/h34-40,43,45H,3-33H2,1-2H3/t34?,35?,36?,37?,38?,39-,40-/m1/s1. The zero-order valence-electron chi connectivity index (χ0n) is 32.9.